The summed E-state index contributed by atoms with van der Waals surface area (Å²) < 4.78 is 20.6. The summed E-state index contributed by atoms with van der Waals surface area (Å²) >= 11 is 3.73. The largest absolute Gasteiger partial charge is 0.462 e. The molecule has 0 heterocycles. The molecule has 2 amide bonds. The van der Waals surface area contributed by atoms with Crippen molar-refractivity contribution in [2.75, 3.05) is 32.0 Å². The van der Waals surface area contributed by atoms with Crippen molar-refractivity contribution >= 4 is 86.6 Å². The first-order chi connectivity index (χ1) is 17.2. The minimum Gasteiger partial charge on any atom is -0.462 e. The summed E-state index contributed by atoms with van der Waals surface area (Å²) in [5, 5.41) is 5.15. The quantitative estimate of drug-likeness (QED) is 0.119. The standard InChI is InChI=1S/C22H27I2N3O10/c1-10(28)34-8-14(36-12(3)30)6-26-21(32)16-5-17(19(24)20(25)18(16)23)22(33)27-7-15(37-13(4)31)9-35-11(2)29/h5,14-15H,6-9,25H2,1-4H3,(H,26,32)(H,27,33). The third-order valence-electron chi connectivity index (χ3n) is 4.31. The van der Waals surface area contributed by atoms with Crippen molar-refractivity contribution < 1.29 is 47.7 Å². The van der Waals surface area contributed by atoms with Crippen LogP contribution in [0.4, 0.5) is 5.69 Å². The Morgan fingerprint density at radius 3 is 1.38 bits per heavy atom. The molecule has 0 aliphatic carbocycles. The van der Waals surface area contributed by atoms with E-state index in [1.54, 1.807) is 0 Å². The minimum atomic E-state index is -0.928. The molecule has 0 bridgehead atoms. The van der Waals surface area contributed by atoms with E-state index in [0.717, 1.165) is 0 Å². The molecule has 15 heteroatoms. The monoisotopic (exact) mass is 747 g/mol. The second kappa shape index (κ2) is 15.5. The molecular formula is C22H27I2N3O10. The number of nitrogens with two attached hydrogens (primary N) is 1. The number of amides is 2. The first-order valence-electron chi connectivity index (χ1n) is 10.7. The molecule has 0 aliphatic heterocycles. The van der Waals surface area contributed by atoms with E-state index < -0.39 is 47.9 Å². The van der Waals surface area contributed by atoms with Gasteiger partial charge in [0.05, 0.1) is 29.9 Å². The lowest BCUT2D eigenvalue weighted by molar-refractivity contribution is -0.155. The number of nitrogens with one attached hydrogen (secondary N) is 2. The topological polar surface area (TPSA) is 189 Å². The third-order valence-corrected chi connectivity index (χ3v) is 6.64. The summed E-state index contributed by atoms with van der Waals surface area (Å²) in [6, 6.07) is 1.34. The smallest absolute Gasteiger partial charge is 0.303 e. The molecule has 37 heavy (non-hydrogen) atoms. The van der Waals surface area contributed by atoms with E-state index in [2.05, 4.69) is 10.6 Å². The maximum Gasteiger partial charge on any atom is 0.303 e. The molecule has 1 aromatic carbocycles. The molecule has 13 nitrogen and oxygen atoms in total. The Balaban J connectivity index is 3.05. The normalized spacial score (nSPS) is 11.9. The maximum absolute atomic E-state index is 12.9. The van der Waals surface area contributed by atoms with Crippen LogP contribution in [-0.4, -0.2) is 74.2 Å². The number of hydrogen-bond donors (Lipinski definition) is 3. The Morgan fingerprint density at radius 2 is 1.08 bits per heavy atom. The van der Waals surface area contributed by atoms with Crippen LogP contribution in [0.3, 0.4) is 0 Å². The molecule has 0 aromatic heterocycles. The highest BCUT2D eigenvalue weighted by Gasteiger charge is 2.24. The van der Waals surface area contributed by atoms with Gasteiger partial charge in [-0.1, -0.05) is 0 Å². The zero-order valence-corrected chi connectivity index (χ0v) is 24.8. The van der Waals surface area contributed by atoms with Gasteiger partial charge < -0.3 is 35.3 Å². The number of carbonyl (C=O) groups excluding carboxylic acids is 6. The molecule has 0 saturated heterocycles. The maximum atomic E-state index is 12.9. The van der Waals surface area contributed by atoms with Crippen LogP contribution >= 0.6 is 45.2 Å². The van der Waals surface area contributed by atoms with Crippen LogP contribution in [0, 0.1) is 7.14 Å². The van der Waals surface area contributed by atoms with Gasteiger partial charge in [-0.05, 0) is 51.2 Å². The van der Waals surface area contributed by atoms with Crippen LogP contribution in [0.5, 0.6) is 0 Å². The van der Waals surface area contributed by atoms with E-state index in [1.807, 2.05) is 45.2 Å². The molecule has 0 fully saturated rings. The van der Waals surface area contributed by atoms with Crippen LogP contribution in [0.25, 0.3) is 0 Å². The second-order valence-corrected chi connectivity index (χ2v) is 9.66. The number of esters is 4. The van der Waals surface area contributed by atoms with Gasteiger partial charge in [-0.2, -0.15) is 0 Å². The van der Waals surface area contributed by atoms with E-state index >= 15 is 0 Å². The molecular weight excluding hydrogens is 720 g/mol. The number of anilines is 1. The van der Waals surface area contributed by atoms with Gasteiger partial charge >= 0.3 is 23.9 Å². The minimum absolute atomic E-state index is 0.0779. The van der Waals surface area contributed by atoms with Crippen LogP contribution in [-0.2, 0) is 38.1 Å². The van der Waals surface area contributed by atoms with Gasteiger partial charge in [0.2, 0.25) is 0 Å². The lowest BCUT2D eigenvalue weighted by Crippen LogP contribution is -2.39. The van der Waals surface area contributed by atoms with E-state index in [0.29, 0.717) is 7.14 Å². The van der Waals surface area contributed by atoms with E-state index in [4.69, 9.17) is 24.7 Å². The van der Waals surface area contributed by atoms with Crippen molar-refractivity contribution in [2.45, 2.75) is 39.9 Å². The van der Waals surface area contributed by atoms with Gasteiger partial charge in [0.15, 0.2) is 12.2 Å². The average Bonchev–Trinajstić information content (AvgIpc) is 2.80. The summed E-state index contributed by atoms with van der Waals surface area (Å²) in [5.74, 6) is -3.65. The molecule has 1 rings (SSSR count). The Kier molecular flexibility index (Phi) is 13.6. The predicted octanol–water partition coefficient (Wildman–Crippen LogP) is 0.927. The van der Waals surface area contributed by atoms with Crippen LogP contribution in [0.1, 0.15) is 48.4 Å². The van der Waals surface area contributed by atoms with Crippen molar-refractivity contribution in [1.82, 2.24) is 10.6 Å². The van der Waals surface area contributed by atoms with Gasteiger partial charge in [0.1, 0.15) is 13.2 Å². The number of ether oxygens (including phenoxy) is 4. The van der Waals surface area contributed by atoms with Crippen LogP contribution in [0.2, 0.25) is 0 Å². The number of rotatable bonds is 12. The lowest BCUT2D eigenvalue weighted by Gasteiger charge is -2.19. The molecule has 0 spiro atoms. The van der Waals surface area contributed by atoms with Crippen molar-refractivity contribution in [2.24, 2.45) is 0 Å². The molecule has 0 radical (unpaired) electrons. The molecule has 2 unspecified atom stereocenters. The molecule has 0 saturated carbocycles. The van der Waals surface area contributed by atoms with Crippen molar-refractivity contribution in [3.8, 4) is 0 Å². The number of halogens is 2. The fraction of sp³-hybridized carbons (Fsp3) is 0.455. The second-order valence-electron chi connectivity index (χ2n) is 7.50. The number of benzene rings is 1. The third kappa shape index (κ3) is 11.5. The van der Waals surface area contributed by atoms with Gasteiger partial charge in [0, 0.05) is 34.8 Å². The average molecular weight is 747 g/mol. The van der Waals surface area contributed by atoms with Crippen molar-refractivity contribution in [3.05, 3.63) is 24.3 Å². The predicted molar refractivity (Wildman–Crippen MR) is 145 cm³/mol. The highest BCUT2D eigenvalue weighted by molar-refractivity contribution is 14.1. The SMILES string of the molecule is CC(=O)OCC(CNC(=O)c1cc(C(=O)NCC(COC(C)=O)OC(C)=O)c(I)c(N)c1I)OC(C)=O. The van der Waals surface area contributed by atoms with Gasteiger partial charge in [-0.3, -0.25) is 28.8 Å². The first-order valence-corrected chi connectivity index (χ1v) is 12.8. The van der Waals surface area contributed by atoms with Crippen molar-refractivity contribution in [1.29, 1.82) is 0 Å². The van der Waals surface area contributed by atoms with Gasteiger partial charge in [-0.15, -0.1) is 0 Å². The van der Waals surface area contributed by atoms with Crippen LogP contribution < -0.4 is 16.4 Å². The summed E-state index contributed by atoms with van der Waals surface area (Å²) in [4.78, 5) is 70.6. The number of carbonyl (C=O) groups is 6. The van der Waals surface area contributed by atoms with Gasteiger partial charge in [-0.25, -0.2) is 0 Å². The van der Waals surface area contributed by atoms with Crippen LogP contribution in [0.15, 0.2) is 6.07 Å². The summed E-state index contributed by atoms with van der Waals surface area (Å²) in [6.45, 7) is 3.88. The highest BCUT2D eigenvalue weighted by atomic mass is 127. The molecule has 1 aromatic rings. The molecule has 0 aliphatic rings. The zero-order valence-electron chi connectivity index (χ0n) is 20.5. The first kappa shape index (κ1) is 32.3. The fourth-order valence-corrected chi connectivity index (χ4v) is 4.61. The zero-order chi connectivity index (χ0) is 28.3. The Bertz CT molecular complexity index is 985. The fourth-order valence-electron chi connectivity index (χ4n) is 2.75. The molecule has 2 atom stereocenters. The summed E-state index contributed by atoms with van der Waals surface area (Å²) in [6.07, 6.45) is -1.86. The Labute approximate surface area is 240 Å². The highest BCUT2D eigenvalue weighted by Crippen LogP contribution is 2.29. The number of nitrogen functional groups attached to an aromatic ring is 1. The summed E-state index contributed by atoms with van der Waals surface area (Å²) in [5.41, 5.74) is 6.48. The van der Waals surface area contributed by atoms with E-state index in [9.17, 15) is 28.8 Å². The summed E-state index contributed by atoms with van der Waals surface area (Å²) in [7, 11) is 0. The van der Waals surface area contributed by atoms with E-state index in [1.165, 1.54) is 33.8 Å². The molecule has 4 N–H and O–H groups in total. The van der Waals surface area contributed by atoms with E-state index in [-0.39, 0.29) is 43.1 Å². The molecule has 204 valence electrons. The Morgan fingerprint density at radius 1 is 0.730 bits per heavy atom. The lowest BCUT2D eigenvalue weighted by atomic mass is 10.1. The van der Waals surface area contributed by atoms with Gasteiger partial charge in [0.25, 0.3) is 11.8 Å². The number of hydrogen-bond acceptors (Lipinski definition) is 11. The van der Waals surface area contributed by atoms with Crippen molar-refractivity contribution in [3.63, 3.8) is 0 Å². The Hall–Kier alpha value is -2.70.